The van der Waals surface area contributed by atoms with E-state index in [0.717, 1.165) is 16.7 Å². The number of aromatic hydroxyl groups is 1. The molecule has 2 aromatic heterocycles. The summed E-state index contributed by atoms with van der Waals surface area (Å²) >= 11 is 5.89. The van der Waals surface area contributed by atoms with Gasteiger partial charge in [-0.15, -0.1) is 0 Å². The van der Waals surface area contributed by atoms with Gasteiger partial charge >= 0.3 is 0 Å². The lowest BCUT2D eigenvalue weighted by atomic mass is 10.0. The second-order valence-electron chi connectivity index (χ2n) is 6.14. The number of hydrogen-bond acceptors (Lipinski definition) is 4. The summed E-state index contributed by atoms with van der Waals surface area (Å²) in [7, 11) is 1.85. The Balaban J connectivity index is 1.56. The molecule has 0 fully saturated rings. The molecule has 0 aliphatic rings. The fourth-order valence-corrected chi connectivity index (χ4v) is 2.95. The highest BCUT2D eigenvalue weighted by molar-refractivity contribution is 6.30. The molecule has 0 atom stereocenters. The molecule has 0 amide bonds. The molecule has 0 unspecified atom stereocenters. The molecule has 2 N–H and O–H groups in total. The van der Waals surface area contributed by atoms with Crippen LogP contribution in [0.5, 0.6) is 11.5 Å². The zero-order valence-corrected chi connectivity index (χ0v) is 15.3. The number of hydrogen-bond donors (Lipinski definition) is 2. The summed E-state index contributed by atoms with van der Waals surface area (Å²) < 4.78 is 7.48. The van der Waals surface area contributed by atoms with E-state index >= 15 is 0 Å². The molecule has 0 saturated heterocycles. The monoisotopic (exact) mass is 380 g/mol. The van der Waals surface area contributed by atoms with E-state index in [1.165, 1.54) is 0 Å². The normalized spacial score (nSPS) is 10.9. The standard InChI is InChI=1S/C20H17ClN4O2/c1-25-11-14(9-23-25)18-10-22-24-20(18)17-7-6-16(8-19(17)26)27-12-13-2-4-15(21)5-3-13/h2-11,26H,12H2,1H3,(H,22,24). The van der Waals surface area contributed by atoms with Crippen LogP contribution in [-0.2, 0) is 13.7 Å². The molecule has 136 valence electrons. The average molecular weight is 381 g/mol. The quantitative estimate of drug-likeness (QED) is 0.537. The molecule has 0 spiro atoms. The van der Waals surface area contributed by atoms with Gasteiger partial charge in [0.2, 0.25) is 0 Å². The molecule has 4 rings (SSSR count). The molecule has 0 saturated carbocycles. The van der Waals surface area contributed by atoms with Crippen molar-refractivity contribution in [2.45, 2.75) is 6.61 Å². The number of nitrogens with zero attached hydrogens (tertiary/aromatic N) is 3. The predicted octanol–water partition coefficient (Wildman–Crippen LogP) is 4.42. The largest absolute Gasteiger partial charge is 0.507 e. The highest BCUT2D eigenvalue weighted by atomic mass is 35.5. The van der Waals surface area contributed by atoms with Crippen LogP contribution >= 0.6 is 11.6 Å². The highest BCUT2D eigenvalue weighted by Crippen LogP contribution is 2.37. The van der Waals surface area contributed by atoms with Gasteiger partial charge in [-0.05, 0) is 29.8 Å². The van der Waals surface area contributed by atoms with Gasteiger partial charge in [0.25, 0.3) is 0 Å². The lowest BCUT2D eigenvalue weighted by Crippen LogP contribution is -1.95. The maximum Gasteiger partial charge on any atom is 0.128 e. The number of phenols is 1. The van der Waals surface area contributed by atoms with Crippen molar-refractivity contribution < 1.29 is 9.84 Å². The summed E-state index contributed by atoms with van der Waals surface area (Å²) in [4.78, 5) is 0. The van der Waals surface area contributed by atoms with Gasteiger partial charge < -0.3 is 9.84 Å². The van der Waals surface area contributed by atoms with Crippen LogP contribution < -0.4 is 4.74 Å². The van der Waals surface area contributed by atoms with Gasteiger partial charge in [-0.3, -0.25) is 9.78 Å². The Kier molecular flexibility index (Phi) is 4.56. The molecule has 0 bridgehead atoms. The van der Waals surface area contributed by atoms with E-state index in [1.807, 2.05) is 43.6 Å². The van der Waals surface area contributed by atoms with E-state index in [-0.39, 0.29) is 5.75 Å². The Morgan fingerprint density at radius 2 is 1.96 bits per heavy atom. The Hall–Kier alpha value is -3.25. The van der Waals surface area contributed by atoms with Crippen molar-refractivity contribution in [3.05, 3.63) is 71.6 Å². The third kappa shape index (κ3) is 3.66. The van der Waals surface area contributed by atoms with Gasteiger partial charge in [0.1, 0.15) is 23.8 Å². The minimum Gasteiger partial charge on any atom is -0.507 e. The second kappa shape index (κ2) is 7.17. The average Bonchev–Trinajstić information content (AvgIpc) is 3.30. The number of aromatic amines is 1. The molecule has 2 aromatic carbocycles. The number of ether oxygens (including phenoxy) is 1. The summed E-state index contributed by atoms with van der Waals surface area (Å²) in [6, 6.07) is 12.6. The van der Waals surface area contributed by atoms with Crippen LogP contribution in [0, 0.1) is 0 Å². The summed E-state index contributed by atoms with van der Waals surface area (Å²) in [5, 5.41) is 22.5. The number of phenolic OH excluding ortho intramolecular Hbond substituents is 1. The topological polar surface area (TPSA) is 76.0 Å². The minimum atomic E-state index is 0.0980. The molecule has 2 heterocycles. The summed E-state index contributed by atoms with van der Waals surface area (Å²) in [6.07, 6.45) is 5.45. The van der Waals surface area contributed by atoms with Gasteiger partial charge in [0.15, 0.2) is 0 Å². The number of rotatable bonds is 5. The first kappa shape index (κ1) is 17.2. The predicted molar refractivity (Wildman–Crippen MR) is 104 cm³/mol. The van der Waals surface area contributed by atoms with Crippen molar-refractivity contribution in [1.82, 2.24) is 20.0 Å². The van der Waals surface area contributed by atoms with Gasteiger partial charge in [0.05, 0.1) is 6.20 Å². The Bertz CT molecular complexity index is 1070. The third-order valence-electron chi connectivity index (χ3n) is 4.20. The minimum absolute atomic E-state index is 0.0980. The molecule has 0 aliphatic carbocycles. The molecule has 0 aliphatic heterocycles. The Morgan fingerprint density at radius 3 is 2.67 bits per heavy atom. The lowest BCUT2D eigenvalue weighted by molar-refractivity contribution is 0.304. The van der Waals surface area contributed by atoms with Gasteiger partial charge in [0, 0.05) is 47.2 Å². The molecule has 4 aromatic rings. The van der Waals surface area contributed by atoms with Gasteiger partial charge in [-0.2, -0.15) is 10.2 Å². The van der Waals surface area contributed by atoms with E-state index in [2.05, 4.69) is 15.3 Å². The molecule has 7 heteroatoms. The van der Waals surface area contributed by atoms with E-state index in [0.29, 0.717) is 28.6 Å². The summed E-state index contributed by atoms with van der Waals surface area (Å²) in [5.74, 6) is 0.672. The fourth-order valence-electron chi connectivity index (χ4n) is 2.82. The van der Waals surface area contributed by atoms with Gasteiger partial charge in [-0.1, -0.05) is 23.7 Å². The van der Waals surface area contributed by atoms with E-state index in [9.17, 15) is 5.11 Å². The molecular formula is C20H17ClN4O2. The number of aromatic nitrogens is 4. The number of benzene rings is 2. The number of H-pyrrole nitrogens is 1. The van der Waals surface area contributed by atoms with Crippen molar-refractivity contribution in [3.63, 3.8) is 0 Å². The van der Waals surface area contributed by atoms with Crippen molar-refractivity contribution in [3.8, 4) is 33.9 Å². The maximum atomic E-state index is 10.5. The number of halogens is 1. The van der Waals surface area contributed by atoms with Gasteiger partial charge in [-0.25, -0.2) is 0 Å². The van der Waals surface area contributed by atoms with Crippen LogP contribution in [0.1, 0.15) is 5.56 Å². The molecular weight excluding hydrogens is 364 g/mol. The Morgan fingerprint density at radius 1 is 1.15 bits per heavy atom. The van der Waals surface area contributed by atoms with Crippen LogP contribution in [-0.4, -0.2) is 25.1 Å². The summed E-state index contributed by atoms with van der Waals surface area (Å²) in [6.45, 7) is 0.388. The third-order valence-corrected chi connectivity index (χ3v) is 4.45. The molecule has 0 radical (unpaired) electrons. The van der Waals surface area contributed by atoms with Crippen LogP contribution in [0.15, 0.2) is 61.1 Å². The number of nitrogens with one attached hydrogen (secondary N) is 1. The maximum absolute atomic E-state index is 10.5. The zero-order valence-electron chi connectivity index (χ0n) is 14.6. The van der Waals surface area contributed by atoms with Crippen LogP contribution in [0.4, 0.5) is 0 Å². The van der Waals surface area contributed by atoms with Crippen molar-refractivity contribution in [2.24, 2.45) is 7.05 Å². The zero-order chi connectivity index (χ0) is 18.8. The second-order valence-corrected chi connectivity index (χ2v) is 6.58. The Labute approximate surface area is 161 Å². The van der Waals surface area contributed by atoms with Crippen molar-refractivity contribution in [1.29, 1.82) is 0 Å². The summed E-state index contributed by atoms with van der Waals surface area (Å²) in [5.41, 5.74) is 4.06. The molecule has 6 nitrogen and oxygen atoms in total. The van der Waals surface area contributed by atoms with Crippen molar-refractivity contribution in [2.75, 3.05) is 0 Å². The number of aryl methyl sites for hydroxylation is 1. The molecule has 27 heavy (non-hydrogen) atoms. The SMILES string of the molecule is Cn1cc(-c2c[nH]nc2-c2ccc(OCc3ccc(Cl)cc3)cc2O)cn1. The lowest BCUT2D eigenvalue weighted by Gasteiger charge is -2.09. The van der Waals surface area contributed by atoms with Crippen LogP contribution in [0.2, 0.25) is 5.02 Å². The first-order valence-electron chi connectivity index (χ1n) is 8.33. The van der Waals surface area contributed by atoms with Crippen molar-refractivity contribution >= 4 is 11.6 Å². The fraction of sp³-hybridized carbons (Fsp3) is 0.100. The van der Waals surface area contributed by atoms with E-state index < -0.39 is 0 Å². The van der Waals surface area contributed by atoms with E-state index in [1.54, 1.807) is 29.2 Å². The smallest absolute Gasteiger partial charge is 0.128 e. The van der Waals surface area contributed by atoms with E-state index in [4.69, 9.17) is 16.3 Å². The highest BCUT2D eigenvalue weighted by Gasteiger charge is 2.15. The first-order chi connectivity index (χ1) is 13.1. The van der Waals surface area contributed by atoms with Crippen LogP contribution in [0.3, 0.4) is 0 Å². The first-order valence-corrected chi connectivity index (χ1v) is 8.71. The van der Waals surface area contributed by atoms with Crippen LogP contribution in [0.25, 0.3) is 22.4 Å².